The van der Waals surface area contributed by atoms with Gasteiger partial charge in [0, 0.05) is 49.6 Å². The van der Waals surface area contributed by atoms with E-state index in [1.807, 2.05) is 25.1 Å². The highest BCUT2D eigenvalue weighted by Crippen LogP contribution is 2.30. The lowest BCUT2D eigenvalue weighted by Gasteiger charge is -2.36. The average Bonchev–Trinajstić information content (AvgIpc) is 3.56. The molecule has 3 aromatic rings. The highest BCUT2D eigenvalue weighted by molar-refractivity contribution is 8.14. The van der Waals surface area contributed by atoms with E-state index in [2.05, 4.69) is 68.9 Å². The van der Waals surface area contributed by atoms with Gasteiger partial charge in [0.2, 0.25) is 11.8 Å². The Morgan fingerprint density at radius 1 is 0.979 bits per heavy atom. The van der Waals surface area contributed by atoms with Gasteiger partial charge in [-0.2, -0.15) is 0 Å². The number of hydrogen-bond acceptors (Lipinski definition) is 8. The van der Waals surface area contributed by atoms with E-state index in [-0.39, 0.29) is 35.5 Å². The Bertz CT molecular complexity index is 1620. The normalized spacial score (nSPS) is 24.5. The molecule has 3 atom stereocenters. The minimum atomic E-state index is -0.614. The molecule has 48 heavy (non-hydrogen) atoms. The molecule has 2 amide bonds. The van der Waals surface area contributed by atoms with Crippen LogP contribution in [0.4, 0.5) is 4.39 Å². The Kier molecular flexibility index (Phi) is 11.1. The van der Waals surface area contributed by atoms with E-state index in [1.54, 1.807) is 17.8 Å². The van der Waals surface area contributed by atoms with Crippen LogP contribution in [0.1, 0.15) is 68.8 Å². The molecule has 0 bridgehead atoms. The number of rotatable bonds is 10. The third kappa shape index (κ3) is 8.80. The molecule has 6 rings (SSSR count). The Morgan fingerprint density at radius 3 is 2.38 bits per heavy atom. The van der Waals surface area contributed by atoms with Crippen LogP contribution in [0.15, 0.2) is 65.8 Å². The molecule has 1 saturated carbocycles. The van der Waals surface area contributed by atoms with E-state index in [0.29, 0.717) is 36.4 Å². The number of ether oxygens (including phenoxy) is 1. The molecule has 3 heterocycles. The van der Waals surface area contributed by atoms with E-state index < -0.39 is 11.7 Å². The molecule has 1 aromatic heterocycles. The average molecular weight is 673 g/mol. The quantitative estimate of drug-likeness (QED) is 0.245. The number of amides is 2. The lowest BCUT2D eigenvalue weighted by Crippen LogP contribution is -2.53. The van der Waals surface area contributed by atoms with Crippen LogP contribution < -0.4 is 20.7 Å². The van der Waals surface area contributed by atoms with Gasteiger partial charge in [-0.05, 0) is 80.8 Å². The maximum atomic E-state index is 14.3. The summed E-state index contributed by atoms with van der Waals surface area (Å²) in [7, 11) is 0. The van der Waals surface area contributed by atoms with Crippen molar-refractivity contribution in [1.82, 2.24) is 25.8 Å². The van der Waals surface area contributed by atoms with E-state index in [0.717, 1.165) is 67.3 Å². The lowest BCUT2D eigenvalue weighted by molar-refractivity contribution is -0.122. The number of aliphatic imine (C=N–C) groups is 1. The first-order valence-electron chi connectivity index (χ1n) is 17.0. The highest BCUT2D eigenvalue weighted by atomic mass is 32.2. The number of nitrogens with one attached hydrogen (secondary N) is 3. The topological polar surface area (TPSA) is 108 Å². The van der Waals surface area contributed by atoms with Gasteiger partial charge in [-0.3, -0.25) is 19.5 Å². The summed E-state index contributed by atoms with van der Waals surface area (Å²) >= 11 is 1.65. The first-order chi connectivity index (χ1) is 23.2. The van der Waals surface area contributed by atoms with E-state index in [4.69, 9.17) is 4.74 Å². The van der Waals surface area contributed by atoms with E-state index in [9.17, 15) is 14.0 Å². The summed E-state index contributed by atoms with van der Waals surface area (Å²) in [6, 6.07) is 17.9. The van der Waals surface area contributed by atoms with Crippen LogP contribution in [-0.4, -0.2) is 75.8 Å². The summed E-state index contributed by atoms with van der Waals surface area (Å²) in [6.07, 6.45) is 4.80. The van der Waals surface area contributed by atoms with Crippen LogP contribution in [0.5, 0.6) is 11.6 Å². The van der Waals surface area contributed by atoms with Crippen molar-refractivity contribution in [2.24, 2.45) is 4.99 Å². The number of hydrogen-bond donors (Lipinski definition) is 3. The lowest BCUT2D eigenvalue weighted by atomic mass is 9.90. The number of carbonyl (C=O) groups is 2. The second-order valence-electron chi connectivity index (χ2n) is 13.2. The molecule has 1 aliphatic carbocycles. The van der Waals surface area contributed by atoms with Gasteiger partial charge in [0.15, 0.2) is 0 Å². The number of piperazine rings is 1. The third-order valence-electron chi connectivity index (χ3n) is 9.16. The summed E-state index contributed by atoms with van der Waals surface area (Å²) in [5.41, 5.74) is 3.31. The molecule has 2 aromatic carbocycles. The molecular weight excluding hydrogens is 628 g/mol. The zero-order chi connectivity index (χ0) is 33.6. The molecular formula is C37H45FN6O3S. The highest BCUT2D eigenvalue weighted by Gasteiger charge is 2.29. The molecule has 1 unspecified atom stereocenters. The van der Waals surface area contributed by atoms with Crippen LogP contribution in [0.3, 0.4) is 0 Å². The molecule has 9 nitrogen and oxygen atoms in total. The largest absolute Gasteiger partial charge is 0.438 e. The van der Waals surface area contributed by atoms with Crippen LogP contribution in [0.2, 0.25) is 0 Å². The Hall–Kier alpha value is -3.80. The van der Waals surface area contributed by atoms with Gasteiger partial charge in [-0.15, -0.1) is 11.8 Å². The summed E-state index contributed by atoms with van der Waals surface area (Å²) < 4.78 is 20.4. The molecule has 11 heteroatoms. The Labute approximate surface area is 286 Å². The molecule has 1 saturated heterocycles. The molecule has 0 radical (unpaired) electrons. The van der Waals surface area contributed by atoms with Gasteiger partial charge in [0.1, 0.15) is 23.2 Å². The number of carbonyl (C=O) groups excluding carboxylic acids is 2. The number of halogens is 1. The fourth-order valence-electron chi connectivity index (χ4n) is 6.85. The van der Waals surface area contributed by atoms with E-state index >= 15 is 0 Å². The van der Waals surface area contributed by atoms with Crippen LogP contribution in [-0.2, 0) is 11.3 Å². The maximum absolute atomic E-state index is 14.3. The second kappa shape index (κ2) is 15.6. The first kappa shape index (κ1) is 34.1. The second-order valence-corrected chi connectivity index (χ2v) is 14.3. The van der Waals surface area contributed by atoms with Gasteiger partial charge in [0.05, 0.1) is 11.2 Å². The molecule has 0 spiro atoms. The summed E-state index contributed by atoms with van der Waals surface area (Å²) in [6.45, 7) is 9.46. The Morgan fingerprint density at radius 2 is 1.69 bits per heavy atom. The van der Waals surface area contributed by atoms with E-state index in [1.165, 1.54) is 5.56 Å². The van der Waals surface area contributed by atoms with Crippen molar-refractivity contribution in [3.8, 4) is 22.8 Å². The molecule has 2 aliphatic heterocycles. The number of nitrogens with zero attached hydrogens (tertiary/aromatic N) is 3. The number of pyridine rings is 1. The fourth-order valence-corrected chi connectivity index (χ4v) is 7.83. The van der Waals surface area contributed by atoms with Crippen LogP contribution in [0.25, 0.3) is 11.1 Å². The minimum absolute atomic E-state index is 0.0256. The summed E-state index contributed by atoms with van der Waals surface area (Å²) in [5, 5.41) is 10.8. The monoisotopic (exact) mass is 672 g/mol. The zero-order valence-electron chi connectivity index (χ0n) is 27.9. The predicted octanol–water partition coefficient (Wildman–Crippen LogP) is 5.94. The van der Waals surface area contributed by atoms with Gasteiger partial charge >= 0.3 is 0 Å². The van der Waals surface area contributed by atoms with Crippen molar-refractivity contribution in [1.29, 1.82) is 0 Å². The molecule has 3 N–H and O–H groups in total. The van der Waals surface area contributed by atoms with Gasteiger partial charge in [0.25, 0.3) is 5.91 Å². The number of aromatic nitrogens is 1. The minimum Gasteiger partial charge on any atom is -0.438 e. The van der Waals surface area contributed by atoms with Crippen molar-refractivity contribution in [2.45, 2.75) is 89.6 Å². The van der Waals surface area contributed by atoms with Gasteiger partial charge in [-0.1, -0.05) is 43.3 Å². The van der Waals surface area contributed by atoms with Crippen molar-refractivity contribution < 1.29 is 18.7 Å². The standard InChI is InChI=1S/C37H45FN6O3S/c1-4-34-43-33(22-48-34)36(46)42-30-14-12-29(13-15-30)41-35(45)32-17-28(38)18-39-37(32)47-31-7-5-6-27(16-31)26-10-8-25(9-11-26)21-44-19-23(2)40-24(3)20-44/h5-11,16-18,23-24,29-30,33,40H,4,12-15,19-22H2,1-3H3,(H,41,45)(H,42,46)/t23-,24+,29?,30?,33?. The molecule has 3 aliphatic rings. The fraction of sp³-hybridized carbons (Fsp3) is 0.459. The smallest absolute Gasteiger partial charge is 0.257 e. The summed E-state index contributed by atoms with van der Waals surface area (Å²) in [5.74, 6) is 0.164. The van der Waals surface area contributed by atoms with Crippen molar-refractivity contribution >= 4 is 28.6 Å². The van der Waals surface area contributed by atoms with Crippen molar-refractivity contribution in [3.05, 3.63) is 77.7 Å². The molecule has 254 valence electrons. The maximum Gasteiger partial charge on any atom is 0.257 e. The van der Waals surface area contributed by atoms with Crippen molar-refractivity contribution in [2.75, 3.05) is 18.8 Å². The third-order valence-corrected chi connectivity index (χ3v) is 10.4. The van der Waals surface area contributed by atoms with Gasteiger partial charge < -0.3 is 20.7 Å². The predicted molar refractivity (Wildman–Crippen MR) is 189 cm³/mol. The van der Waals surface area contributed by atoms with Crippen LogP contribution in [0, 0.1) is 5.82 Å². The number of thioether (sulfide) groups is 1. The van der Waals surface area contributed by atoms with Gasteiger partial charge in [-0.25, -0.2) is 9.37 Å². The first-order valence-corrected chi connectivity index (χ1v) is 18.0. The molecule has 2 fully saturated rings. The number of benzene rings is 2. The zero-order valence-corrected chi connectivity index (χ0v) is 28.7. The van der Waals surface area contributed by atoms with Crippen molar-refractivity contribution in [3.63, 3.8) is 0 Å². The van der Waals surface area contributed by atoms with Crippen LogP contribution >= 0.6 is 11.8 Å². The Balaban J connectivity index is 1.05. The SMILES string of the molecule is CCC1=NC(C(=O)NC2CCC(NC(=O)c3cc(F)cnc3Oc3cccc(-c4ccc(CN5C[C@@H](C)N[C@@H](C)C5)cc4)c3)CC2)CS1. The summed E-state index contributed by atoms with van der Waals surface area (Å²) in [4.78, 5) is 37.2.